The number of aromatic hydroxyl groups is 2. The normalized spacial score (nSPS) is 12.7. The molecule has 2 aromatic carbocycles. The molecule has 0 saturated heterocycles. The molecule has 1 unspecified atom stereocenters. The number of carbonyl (C=O) groups is 1. The zero-order valence-corrected chi connectivity index (χ0v) is 27.2. The van der Waals surface area contributed by atoms with Gasteiger partial charge in [0, 0.05) is 23.7 Å². The number of benzene rings is 2. The molecule has 4 N–H and O–H groups in total. The number of ether oxygens (including phenoxy) is 5. The number of phenolic OH excluding ortho intramolecular Hbond substituents is 2. The molecule has 0 aliphatic carbocycles. The maximum Gasteiger partial charge on any atom is 0.324 e. The first-order valence-corrected chi connectivity index (χ1v) is 17.2. The summed E-state index contributed by atoms with van der Waals surface area (Å²) >= 11 is 4.79. The van der Waals surface area contributed by atoms with E-state index < -0.39 is 18.2 Å². The van der Waals surface area contributed by atoms with Crippen LogP contribution in [0.3, 0.4) is 0 Å². The minimum absolute atomic E-state index is 0.114. The van der Waals surface area contributed by atoms with Crippen LogP contribution in [0, 0.1) is 0 Å². The predicted octanol–water partition coefficient (Wildman–Crippen LogP) is 2.95. The Kier molecular flexibility index (Phi) is 16.6. The van der Waals surface area contributed by atoms with Gasteiger partial charge in [-0.2, -0.15) is 0 Å². The van der Waals surface area contributed by atoms with Crippen LogP contribution in [0.5, 0.6) is 11.5 Å². The SMILES string of the molecule is CCOP(O)(=S)OCCOCCOCCOCCOCCOCCNC(=O)c1ccc(-c2cc(=O)c3ccc(O)c(O)c3o2)cc1. The number of nitrogens with one attached hydrogen (secondary N) is 1. The van der Waals surface area contributed by atoms with Crippen molar-refractivity contribution in [2.24, 2.45) is 0 Å². The highest BCUT2D eigenvalue weighted by molar-refractivity contribution is 8.07. The van der Waals surface area contributed by atoms with Gasteiger partial charge in [0.1, 0.15) is 5.76 Å². The molecular weight excluding hydrogens is 645 g/mol. The van der Waals surface area contributed by atoms with E-state index in [1.165, 1.54) is 18.2 Å². The Morgan fingerprint density at radius 2 is 1.35 bits per heavy atom. The molecular formula is C30H40NO13PS. The van der Waals surface area contributed by atoms with E-state index in [1.54, 1.807) is 31.2 Å². The van der Waals surface area contributed by atoms with Crippen molar-refractivity contribution in [3.63, 3.8) is 0 Å². The van der Waals surface area contributed by atoms with Crippen LogP contribution in [0.25, 0.3) is 22.3 Å². The van der Waals surface area contributed by atoms with Crippen molar-refractivity contribution in [1.29, 1.82) is 0 Å². The third-order valence-electron chi connectivity index (χ3n) is 6.08. The van der Waals surface area contributed by atoms with E-state index in [9.17, 15) is 24.7 Å². The zero-order valence-electron chi connectivity index (χ0n) is 25.5. The van der Waals surface area contributed by atoms with Gasteiger partial charge in [0.25, 0.3) is 5.91 Å². The first-order chi connectivity index (χ1) is 22.2. The third kappa shape index (κ3) is 13.0. The summed E-state index contributed by atoms with van der Waals surface area (Å²) in [5, 5.41) is 22.7. The van der Waals surface area contributed by atoms with Gasteiger partial charge in [-0.05, 0) is 43.0 Å². The standard InChI is InChI=1S/C30H40NO13PS/c1-2-42-45(36,46)43-20-19-41-18-17-40-16-15-39-14-13-38-12-11-37-10-9-31-30(35)23-5-3-22(4-6-23)27-21-26(33)24-7-8-25(32)28(34)29(24)44-27/h3-8,21,32,34H,2,9-20H2,1H3,(H,31,35)(H,36,46). The second-order valence-electron chi connectivity index (χ2n) is 9.40. The topological polar surface area (TPSA) is 185 Å². The molecule has 0 radical (unpaired) electrons. The quantitative estimate of drug-likeness (QED) is 0.0649. The Morgan fingerprint density at radius 1 is 0.804 bits per heavy atom. The van der Waals surface area contributed by atoms with Crippen LogP contribution in [0.4, 0.5) is 0 Å². The Labute approximate surface area is 271 Å². The van der Waals surface area contributed by atoms with Crippen molar-refractivity contribution in [2.45, 2.75) is 6.92 Å². The third-order valence-corrected chi connectivity index (χ3v) is 7.80. The second-order valence-corrected chi connectivity index (χ2v) is 12.2. The highest BCUT2D eigenvalue weighted by atomic mass is 32.5. The first kappa shape index (κ1) is 37.5. The molecule has 3 aromatic rings. The number of amides is 1. The van der Waals surface area contributed by atoms with E-state index in [-0.39, 0.29) is 47.9 Å². The molecule has 1 amide bonds. The highest BCUT2D eigenvalue weighted by Gasteiger charge is 2.15. The fourth-order valence-electron chi connectivity index (χ4n) is 3.85. The number of fused-ring (bicyclic) bond motifs is 1. The monoisotopic (exact) mass is 685 g/mol. The molecule has 1 aromatic heterocycles. The minimum Gasteiger partial charge on any atom is -0.504 e. The number of hydrogen-bond donors (Lipinski definition) is 4. The van der Waals surface area contributed by atoms with Gasteiger partial charge < -0.3 is 57.6 Å². The predicted molar refractivity (Wildman–Crippen MR) is 172 cm³/mol. The fraction of sp³-hybridized carbons (Fsp3) is 0.467. The van der Waals surface area contributed by atoms with Gasteiger partial charge >= 0.3 is 6.72 Å². The van der Waals surface area contributed by atoms with E-state index in [0.717, 1.165) is 0 Å². The summed E-state index contributed by atoms with van der Waals surface area (Å²) in [7, 11) is 0. The molecule has 14 nitrogen and oxygen atoms in total. The van der Waals surface area contributed by atoms with Gasteiger partial charge in [0.2, 0.25) is 5.75 Å². The molecule has 46 heavy (non-hydrogen) atoms. The number of carbonyl (C=O) groups excluding carboxylic acids is 1. The van der Waals surface area contributed by atoms with Crippen molar-refractivity contribution < 1.29 is 57.0 Å². The zero-order chi connectivity index (χ0) is 33.2. The minimum atomic E-state index is -3.15. The van der Waals surface area contributed by atoms with E-state index in [2.05, 4.69) is 5.32 Å². The van der Waals surface area contributed by atoms with Crippen molar-refractivity contribution in [1.82, 2.24) is 5.32 Å². The molecule has 254 valence electrons. The second kappa shape index (κ2) is 20.3. The van der Waals surface area contributed by atoms with Crippen molar-refractivity contribution in [2.75, 3.05) is 85.8 Å². The summed E-state index contributed by atoms with van der Waals surface area (Å²) in [4.78, 5) is 34.5. The van der Waals surface area contributed by atoms with E-state index in [1.807, 2.05) is 0 Å². The van der Waals surface area contributed by atoms with Gasteiger partial charge in [-0.1, -0.05) is 12.1 Å². The maximum atomic E-state index is 12.5. The molecule has 0 spiro atoms. The Balaban J connectivity index is 1.16. The van der Waals surface area contributed by atoms with Crippen molar-refractivity contribution >= 4 is 35.4 Å². The molecule has 0 bridgehead atoms. The Bertz CT molecular complexity index is 1470. The van der Waals surface area contributed by atoms with Crippen LogP contribution >= 0.6 is 6.72 Å². The molecule has 1 heterocycles. The number of rotatable bonds is 23. The lowest BCUT2D eigenvalue weighted by molar-refractivity contribution is -0.0128. The van der Waals surface area contributed by atoms with E-state index >= 15 is 0 Å². The first-order valence-electron chi connectivity index (χ1n) is 14.6. The fourth-order valence-corrected chi connectivity index (χ4v) is 5.10. The van der Waals surface area contributed by atoms with Crippen LogP contribution in [-0.4, -0.2) is 107 Å². The van der Waals surface area contributed by atoms with Crippen molar-refractivity contribution in [3.05, 3.63) is 58.3 Å². The van der Waals surface area contributed by atoms with Crippen LogP contribution in [-0.2, 0) is 44.5 Å². The lowest BCUT2D eigenvalue weighted by atomic mass is 10.1. The smallest absolute Gasteiger partial charge is 0.324 e. The summed E-state index contributed by atoms with van der Waals surface area (Å²) in [5.74, 6) is -1.02. The molecule has 1 atom stereocenters. The molecule has 0 saturated carbocycles. The van der Waals surface area contributed by atoms with Crippen LogP contribution in [0.1, 0.15) is 17.3 Å². The average molecular weight is 686 g/mol. The molecule has 0 aliphatic heterocycles. The Hall–Kier alpha value is -2.95. The molecule has 0 fully saturated rings. The van der Waals surface area contributed by atoms with Gasteiger partial charge in [-0.25, -0.2) is 0 Å². The largest absolute Gasteiger partial charge is 0.504 e. The lowest BCUT2D eigenvalue weighted by Crippen LogP contribution is -2.27. The lowest BCUT2D eigenvalue weighted by Gasteiger charge is -2.14. The van der Waals surface area contributed by atoms with Gasteiger partial charge in [-0.3, -0.25) is 9.59 Å². The van der Waals surface area contributed by atoms with Gasteiger partial charge in [-0.15, -0.1) is 0 Å². The highest BCUT2D eigenvalue weighted by Crippen LogP contribution is 2.43. The molecule has 16 heteroatoms. The van der Waals surface area contributed by atoms with E-state index in [4.69, 9.17) is 49.0 Å². The van der Waals surface area contributed by atoms with E-state index in [0.29, 0.717) is 77.1 Å². The Morgan fingerprint density at radius 3 is 1.91 bits per heavy atom. The summed E-state index contributed by atoms with van der Waals surface area (Å²) in [6.45, 7) is 3.08. The number of hydrogen-bond acceptors (Lipinski definition) is 13. The summed E-state index contributed by atoms with van der Waals surface area (Å²) in [6, 6.07) is 10.3. The maximum absolute atomic E-state index is 12.5. The average Bonchev–Trinajstić information content (AvgIpc) is 3.04. The van der Waals surface area contributed by atoms with Crippen LogP contribution in [0.2, 0.25) is 0 Å². The van der Waals surface area contributed by atoms with Gasteiger partial charge in [0.05, 0.1) is 84.7 Å². The van der Waals surface area contributed by atoms with Gasteiger partial charge in [0.15, 0.2) is 16.8 Å². The number of phenols is 2. The summed E-state index contributed by atoms with van der Waals surface area (Å²) in [5.41, 5.74) is 0.438. The van der Waals surface area contributed by atoms with Crippen LogP contribution < -0.4 is 10.7 Å². The van der Waals surface area contributed by atoms with Crippen LogP contribution in [0.15, 0.2) is 51.7 Å². The molecule has 3 rings (SSSR count). The molecule has 0 aliphatic rings. The van der Waals surface area contributed by atoms with Crippen molar-refractivity contribution in [3.8, 4) is 22.8 Å². The summed E-state index contributed by atoms with van der Waals surface area (Å²) < 4.78 is 42.7. The summed E-state index contributed by atoms with van der Waals surface area (Å²) in [6.07, 6.45) is 0.